The molecule has 0 heterocycles. The van der Waals surface area contributed by atoms with E-state index in [1.165, 1.54) is 13.8 Å². The van der Waals surface area contributed by atoms with Crippen molar-refractivity contribution in [2.45, 2.75) is 46.3 Å². The number of nitrogens with one attached hydrogen (secondary N) is 1. The lowest BCUT2D eigenvalue weighted by Gasteiger charge is -2.21. The highest BCUT2D eigenvalue weighted by Crippen LogP contribution is 2.06. The lowest BCUT2D eigenvalue weighted by atomic mass is 10.2. The molecule has 0 aromatic rings. The Morgan fingerprint density at radius 2 is 1.68 bits per heavy atom. The summed E-state index contributed by atoms with van der Waals surface area (Å²) in [6.45, 7) is 7.55. The number of hydrogen-bond acceptors (Lipinski definition) is 6. The average molecular weight is 275 g/mol. The number of esters is 2. The van der Waals surface area contributed by atoms with Crippen molar-refractivity contribution in [2.24, 2.45) is 0 Å². The van der Waals surface area contributed by atoms with Gasteiger partial charge in [-0.05, 0) is 20.8 Å². The van der Waals surface area contributed by atoms with E-state index < -0.39 is 29.7 Å². The first-order valence-electron chi connectivity index (χ1n) is 5.87. The molecule has 1 atom stereocenters. The molecule has 1 N–H and O–H groups in total. The van der Waals surface area contributed by atoms with Crippen LogP contribution in [-0.4, -0.2) is 42.9 Å². The van der Waals surface area contributed by atoms with Crippen molar-refractivity contribution in [3.8, 4) is 0 Å². The summed E-state index contributed by atoms with van der Waals surface area (Å²) in [5.74, 6) is -1.02. The van der Waals surface area contributed by atoms with E-state index in [-0.39, 0.29) is 13.2 Å². The minimum Gasteiger partial charge on any atom is -0.462 e. The Morgan fingerprint density at radius 3 is 2.11 bits per heavy atom. The maximum atomic E-state index is 11.4. The SMILES string of the molecule is CC(=O)OCC(CNC(=O)OC(C)(C)C)OC(C)=O. The van der Waals surface area contributed by atoms with E-state index in [1.807, 2.05) is 0 Å². The Kier molecular flexibility index (Phi) is 6.89. The maximum Gasteiger partial charge on any atom is 0.407 e. The van der Waals surface area contributed by atoms with Gasteiger partial charge in [0.1, 0.15) is 12.2 Å². The van der Waals surface area contributed by atoms with Crippen LogP contribution in [0.4, 0.5) is 4.79 Å². The van der Waals surface area contributed by atoms with Crippen LogP contribution < -0.4 is 5.32 Å². The molecule has 0 saturated heterocycles. The summed E-state index contributed by atoms with van der Waals surface area (Å²) in [5.41, 5.74) is -0.614. The molecule has 0 bridgehead atoms. The number of carbonyl (C=O) groups is 3. The van der Waals surface area contributed by atoms with Crippen LogP contribution in [0.5, 0.6) is 0 Å². The van der Waals surface area contributed by atoms with Crippen LogP contribution in [0.25, 0.3) is 0 Å². The second-order valence-corrected chi connectivity index (χ2v) is 4.92. The number of alkyl carbamates (subject to hydrolysis) is 1. The molecule has 1 amide bonds. The zero-order chi connectivity index (χ0) is 15.1. The van der Waals surface area contributed by atoms with Gasteiger partial charge in [-0.3, -0.25) is 9.59 Å². The van der Waals surface area contributed by atoms with E-state index in [0.717, 1.165) is 0 Å². The molecule has 0 aromatic heterocycles. The molecule has 0 spiro atoms. The molecule has 1 unspecified atom stereocenters. The van der Waals surface area contributed by atoms with Gasteiger partial charge >= 0.3 is 18.0 Å². The second-order valence-electron chi connectivity index (χ2n) is 4.92. The summed E-state index contributed by atoms with van der Waals surface area (Å²) in [7, 11) is 0. The smallest absolute Gasteiger partial charge is 0.407 e. The van der Waals surface area contributed by atoms with Gasteiger partial charge in [0.2, 0.25) is 0 Å². The summed E-state index contributed by atoms with van der Waals surface area (Å²) in [6, 6.07) is 0. The van der Waals surface area contributed by atoms with Gasteiger partial charge < -0.3 is 19.5 Å². The van der Waals surface area contributed by atoms with Gasteiger partial charge in [0.15, 0.2) is 6.10 Å². The van der Waals surface area contributed by atoms with Gasteiger partial charge in [-0.15, -0.1) is 0 Å². The summed E-state index contributed by atoms with van der Waals surface area (Å²) >= 11 is 0. The van der Waals surface area contributed by atoms with E-state index in [0.29, 0.717) is 0 Å². The van der Waals surface area contributed by atoms with E-state index in [2.05, 4.69) is 5.32 Å². The molecule has 0 aliphatic rings. The fourth-order valence-electron chi connectivity index (χ4n) is 1.09. The van der Waals surface area contributed by atoms with Crippen LogP contribution in [0, 0.1) is 0 Å². The van der Waals surface area contributed by atoms with Crippen LogP contribution in [0.15, 0.2) is 0 Å². The normalized spacial score (nSPS) is 12.3. The molecule has 0 saturated carbocycles. The Morgan fingerprint density at radius 1 is 1.11 bits per heavy atom. The third kappa shape index (κ3) is 11.1. The van der Waals surface area contributed by atoms with Crippen molar-refractivity contribution in [3.05, 3.63) is 0 Å². The number of carbonyl (C=O) groups excluding carboxylic acids is 3. The molecular formula is C12H21NO6. The zero-order valence-corrected chi connectivity index (χ0v) is 11.9. The van der Waals surface area contributed by atoms with Crippen molar-refractivity contribution in [1.29, 1.82) is 0 Å². The Labute approximate surface area is 112 Å². The number of amides is 1. The minimum absolute atomic E-state index is 0.00176. The highest BCUT2D eigenvalue weighted by Gasteiger charge is 2.19. The van der Waals surface area contributed by atoms with Gasteiger partial charge in [-0.1, -0.05) is 0 Å². The van der Waals surface area contributed by atoms with Gasteiger partial charge in [0.05, 0.1) is 6.54 Å². The first-order chi connectivity index (χ1) is 8.60. The summed E-state index contributed by atoms with van der Waals surface area (Å²) in [6.07, 6.45) is -1.37. The van der Waals surface area contributed by atoms with Crippen LogP contribution in [0.3, 0.4) is 0 Å². The first-order valence-corrected chi connectivity index (χ1v) is 5.87. The zero-order valence-electron chi connectivity index (χ0n) is 11.9. The van der Waals surface area contributed by atoms with Gasteiger partial charge in [0, 0.05) is 13.8 Å². The Hall–Kier alpha value is -1.79. The second kappa shape index (κ2) is 7.60. The lowest BCUT2D eigenvalue weighted by Crippen LogP contribution is -2.40. The van der Waals surface area contributed by atoms with Crippen LogP contribution in [0.2, 0.25) is 0 Å². The van der Waals surface area contributed by atoms with Crippen LogP contribution >= 0.6 is 0 Å². The fraction of sp³-hybridized carbons (Fsp3) is 0.750. The molecular weight excluding hydrogens is 254 g/mol. The highest BCUT2D eigenvalue weighted by atomic mass is 16.6. The Balaban J connectivity index is 4.21. The first kappa shape index (κ1) is 17.2. The van der Waals surface area contributed by atoms with Gasteiger partial charge in [0.25, 0.3) is 0 Å². The third-order valence-corrected chi connectivity index (χ3v) is 1.68. The predicted molar refractivity (Wildman–Crippen MR) is 66.4 cm³/mol. The molecule has 0 fully saturated rings. The highest BCUT2D eigenvalue weighted by molar-refractivity contribution is 5.68. The van der Waals surface area contributed by atoms with Crippen LogP contribution in [-0.2, 0) is 23.8 Å². The molecule has 19 heavy (non-hydrogen) atoms. The molecule has 0 aliphatic heterocycles. The molecule has 7 heteroatoms. The monoisotopic (exact) mass is 275 g/mol. The largest absolute Gasteiger partial charge is 0.462 e. The fourth-order valence-corrected chi connectivity index (χ4v) is 1.09. The predicted octanol–water partition coefficient (Wildman–Crippen LogP) is 1.01. The Bertz CT molecular complexity index is 334. The average Bonchev–Trinajstić information content (AvgIpc) is 2.18. The van der Waals surface area contributed by atoms with Crippen molar-refractivity contribution in [1.82, 2.24) is 5.32 Å². The lowest BCUT2D eigenvalue weighted by molar-refractivity contribution is -0.155. The molecule has 0 radical (unpaired) electrons. The van der Waals surface area contributed by atoms with Gasteiger partial charge in [-0.2, -0.15) is 0 Å². The maximum absolute atomic E-state index is 11.4. The molecule has 0 aromatic carbocycles. The van der Waals surface area contributed by atoms with E-state index in [9.17, 15) is 14.4 Å². The van der Waals surface area contributed by atoms with Crippen molar-refractivity contribution in [2.75, 3.05) is 13.2 Å². The summed E-state index contributed by atoms with van der Waals surface area (Å²) < 4.78 is 14.6. The summed E-state index contributed by atoms with van der Waals surface area (Å²) in [5, 5.41) is 2.44. The van der Waals surface area contributed by atoms with Crippen molar-refractivity contribution < 1.29 is 28.6 Å². The van der Waals surface area contributed by atoms with E-state index in [4.69, 9.17) is 14.2 Å². The van der Waals surface area contributed by atoms with Crippen molar-refractivity contribution in [3.63, 3.8) is 0 Å². The van der Waals surface area contributed by atoms with Gasteiger partial charge in [-0.25, -0.2) is 4.79 Å². The van der Waals surface area contributed by atoms with E-state index in [1.54, 1.807) is 20.8 Å². The summed E-state index contributed by atoms with van der Waals surface area (Å²) in [4.78, 5) is 33.0. The molecule has 110 valence electrons. The van der Waals surface area contributed by atoms with E-state index >= 15 is 0 Å². The molecule has 7 nitrogen and oxygen atoms in total. The standard InChI is InChI=1S/C12H21NO6/c1-8(14)17-7-10(18-9(2)15)6-13-11(16)19-12(3,4)5/h10H,6-7H2,1-5H3,(H,13,16). The molecule has 0 rings (SSSR count). The number of hydrogen-bond donors (Lipinski definition) is 1. The topological polar surface area (TPSA) is 90.9 Å². The third-order valence-electron chi connectivity index (χ3n) is 1.68. The van der Waals surface area contributed by atoms with Crippen LogP contribution in [0.1, 0.15) is 34.6 Å². The number of rotatable bonds is 5. The number of ether oxygens (including phenoxy) is 3. The van der Waals surface area contributed by atoms with Crippen molar-refractivity contribution >= 4 is 18.0 Å². The quantitative estimate of drug-likeness (QED) is 0.594. The molecule has 0 aliphatic carbocycles. The minimum atomic E-state index is -0.742.